The van der Waals surface area contributed by atoms with Crippen LogP contribution >= 0.6 is 0 Å². The normalized spacial score (nSPS) is 25.8. The standard InChI is InChI=1S/C22H19NO3/c24-19-15-3-1-2-4-16(15)20(25)18-11-14(5-6-17(18)19)23-21(26)22-9-7-13(12-22)8-10-22/h1-6,11,13H,7-10,12H2,(H,23,26). The SMILES string of the molecule is O=C1c2ccccc2C(=O)c2cc(NC(=O)C34CCC(CC3)C4)ccc21. The molecule has 130 valence electrons. The molecule has 2 saturated carbocycles. The number of fused-ring (bicyclic) bond motifs is 4. The fourth-order valence-electron chi connectivity index (χ4n) is 4.95. The molecule has 0 aromatic heterocycles. The Morgan fingerprint density at radius 2 is 1.50 bits per heavy atom. The first-order chi connectivity index (χ1) is 12.6. The molecule has 26 heavy (non-hydrogen) atoms. The van der Waals surface area contributed by atoms with Gasteiger partial charge in [0.05, 0.1) is 0 Å². The van der Waals surface area contributed by atoms with E-state index in [1.807, 2.05) is 0 Å². The topological polar surface area (TPSA) is 63.2 Å². The highest BCUT2D eigenvalue weighted by Crippen LogP contribution is 2.54. The van der Waals surface area contributed by atoms with Gasteiger partial charge in [-0.2, -0.15) is 0 Å². The second kappa shape index (κ2) is 5.37. The Hall–Kier alpha value is -2.75. The van der Waals surface area contributed by atoms with Gasteiger partial charge in [0.1, 0.15) is 0 Å². The zero-order chi connectivity index (χ0) is 17.9. The second-order valence-corrected chi connectivity index (χ2v) is 7.85. The van der Waals surface area contributed by atoms with Crippen molar-refractivity contribution in [2.45, 2.75) is 32.1 Å². The van der Waals surface area contributed by atoms with Crippen LogP contribution in [-0.4, -0.2) is 17.5 Å². The zero-order valence-corrected chi connectivity index (χ0v) is 14.4. The van der Waals surface area contributed by atoms with E-state index in [4.69, 9.17) is 0 Å². The number of carbonyl (C=O) groups is 3. The number of hydrogen-bond donors (Lipinski definition) is 1. The van der Waals surface area contributed by atoms with E-state index in [9.17, 15) is 14.4 Å². The summed E-state index contributed by atoms with van der Waals surface area (Å²) in [6, 6.07) is 11.9. The highest BCUT2D eigenvalue weighted by Gasteiger charge is 2.49. The summed E-state index contributed by atoms with van der Waals surface area (Å²) >= 11 is 0. The van der Waals surface area contributed by atoms with Gasteiger partial charge >= 0.3 is 0 Å². The molecule has 0 unspecified atom stereocenters. The predicted octanol–water partition coefficient (Wildman–Crippen LogP) is 3.98. The van der Waals surface area contributed by atoms with Crippen LogP contribution in [0.4, 0.5) is 5.69 Å². The first kappa shape index (κ1) is 15.5. The van der Waals surface area contributed by atoms with E-state index in [2.05, 4.69) is 5.32 Å². The lowest BCUT2D eigenvalue weighted by Crippen LogP contribution is -2.32. The molecule has 1 amide bonds. The van der Waals surface area contributed by atoms with Gasteiger partial charge in [-0.3, -0.25) is 14.4 Å². The van der Waals surface area contributed by atoms with Gasteiger partial charge in [-0.15, -0.1) is 0 Å². The van der Waals surface area contributed by atoms with Gasteiger partial charge in [-0.05, 0) is 56.2 Å². The quantitative estimate of drug-likeness (QED) is 0.764. The van der Waals surface area contributed by atoms with Gasteiger partial charge in [0.25, 0.3) is 0 Å². The molecule has 2 fully saturated rings. The summed E-state index contributed by atoms with van der Waals surface area (Å²) in [6.07, 6.45) is 5.18. The molecule has 0 heterocycles. The van der Waals surface area contributed by atoms with Crippen molar-refractivity contribution in [1.29, 1.82) is 0 Å². The number of carbonyl (C=O) groups excluding carboxylic acids is 3. The van der Waals surface area contributed by atoms with E-state index in [1.165, 1.54) is 0 Å². The van der Waals surface area contributed by atoms with Crippen LogP contribution in [0.5, 0.6) is 0 Å². The van der Waals surface area contributed by atoms with Crippen LogP contribution in [0.1, 0.15) is 63.9 Å². The van der Waals surface area contributed by atoms with Crippen LogP contribution in [-0.2, 0) is 4.79 Å². The molecular formula is C22H19NO3. The summed E-state index contributed by atoms with van der Waals surface area (Å²) in [7, 11) is 0. The number of ketones is 2. The third kappa shape index (κ3) is 2.11. The lowest BCUT2D eigenvalue weighted by Gasteiger charge is -2.25. The minimum absolute atomic E-state index is 0.0624. The fraction of sp³-hybridized carbons (Fsp3) is 0.318. The van der Waals surface area contributed by atoms with Gasteiger partial charge in [-0.1, -0.05) is 24.3 Å². The predicted molar refractivity (Wildman–Crippen MR) is 97.4 cm³/mol. The van der Waals surface area contributed by atoms with E-state index in [1.54, 1.807) is 42.5 Å². The molecule has 2 aromatic rings. The lowest BCUT2D eigenvalue weighted by molar-refractivity contribution is -0.125. The summed E-state index contributed by atoms with van der Waals surface area (Å²) in [5, 5.41) is 3.01. The number of amides is 1. The fourth-order valence-corrected chi connectivity index (χ4v) is 4.95. The lowest BCUT2D eigenvalue weighted by atomic mass is 9.82. The van der Waals surface area contributed by atoms with Gasteiger partial charge in [0.15, 0.2) is 11.6 Å². The Labute approximate surface area is 151 Å². The molecule has 2 aromatic carbocycles. The van der Waals surface area contributed by atoms with Crippen molar-refractivity contribution in [2.75, 3.05) is 5.32 Å². The van der Waals surface area contributed by atoms with E-state index in [0.29, 0.717) is 33.9 Å². The van der Waals surface area contributed by atoms with Crippen LogP contribution in [0.25, 0.3) is 0 Å². The summed E-state index contributed by atoms with van der Waals surface area (Å²) in [5.41, 5.74) is 2.03. The monoisotopic (exact) mass is 345 g/mol. The average Bonchev–Trinajstić information content (AvgIpc) is 3.29. The van der Waals surface area contributed by atoms with Gasteiger partial charge in [0.2, 0.25) is 5.91 Å². The largest absolute Gasteiger partial charge is 0.326 e. The van der Waals surface area contributed by atoms with E-state index in [0.717, 1.165) is 32.1 Å². The molecule has 0 spiro atoms. The number of anilines is 1. The highest BCUT2D eigenvalue weighted by atomic mass is 16.2. The Balaban J connectivity index is 1.47. The molecule has 0 aliphatic heterocycles. The average molecular weight is 345 g/mol. The second-order valence-electron chi connectivity index (χ2n) is 7.85. The maximum atomic E-state index is 12.8. The van der Waals surface area contributed by atoms with Crippen LogP contribution in [0.3, 0.4) is 0 Å². The zero-order valence-electron chi connectivity index (χ0n) is 14.4. The van der Waals surface area contributed by atoms with Crippen molar-refractivity contribution in [3.05, 3.63) is 64.7 Å². The van der Waals surface area contributed by atoms with Gasteiger partial charge < -0.3 is 5.32 Å². The summed E-state index contributed by atoms with van der Waals surface area (Å²) < 4.78 is 0. The summed E-state index contributed by atoms with van der Waals surface area (Å²) in [5.74, 6) is 0.458. The third-order valence-corrected chi connectivity index (χ3v) is 6.41. The molecule has 3 aliphatic carbocycles. The van der Waals surface area contributed by atoms with Crippen LogP contribution in [0, 0.1) is 11.3 Å². The van der Waals surface area contributed by atoms with Crippen LogP contribution in [0.2, 0.25) is 0 Å². The minimum Gasteiger partial charge on any atom is -0.326 e. The summed E-state index contributed by atoms with van der Waals surface area (Å²) in [4.78, 5) is 38.3. The first-order valence-electron chi connectivity index (χ1n) is 9.21. The van der Waals surface area contributed by atoms with Crippen LogP contribution in [0.15, 0.2) is 42.5 Å². The molecule has 2 bridgehead atoms. The van der Waals surface area contributed by atoms with Crippen molar-refractivity contribution < 1.29 is 14.4 Å². The van der Waals surface area contributed by atoms with Gasteiger partial charge in [0, 0.05) is 33.4 Å². The molecule has 0 atom stereocenters. The highest BCUT2D eigenvalue weighted by molar-refractivity contribution is 6.28. The van der Waals surface area contributed by atoms with Crippen molar-refractivity contribution >= 4 is 23.2 Å². The number of rotatable bonds is 2. The maximum absolute atomic E-state index is 12.8. The number of nitrogens with one attached hydrogen (secondary N) is 1. The smallest absolute Gasteiger partial charge is 0.230 e. The molecule has 0 radical (unpaired) electrons. The molecule has 0 saturated heterocycles. The van der Waals surface area contributed by atoms with Crippen molar-refractivity contribution in [1.82, 2.24) is 0 Å². The first-order valence-corrected chi connectivity index (χ1v) is 9.21. The van der Waals surface area contributed by atoms with Crippen LogP contribution < -0.4 is 5.32 Å². The Morgan fingerprint density at radius 3 is 2.12 bits per heavy atom. The Kier molecular flexibility index (Phi) is 3.20. The van der Waals surface area contributed by atoms with Crippen molar-refractivity contribution in [3.8, 4) is 0 Å². The third-order valence-electron chi connectivity index (χ3n) is 6.41. The molecular weight excluding hydrogens is 326 g/mol. The minimum atomic E-state index is -0.229. The van der Waals surface area contributed by atoms with Crippen molar-refractivity contribution in [2.24, 2.45) is 11.3 Å². The number of benzene rings is 2. The van der Waals surface area contributed by atoms with E-state index >= 15 is 0 Å². The Bertz CT molecular complexity index is 967. The van der Waals surface area contributed by atoms with Gasteiger partial charge in [-0.25, -0.2) is 0 Å². The summed E-state index contributed by atoms with van der Waals surface area (Å²) in [6.45, 7) is 0. The molecule has 4 nitrogen and oxygen atoms in total. The molecule has 3 aliphatic rings. The van der Waals surface area contributed by atoms with E-state index < -0.39 is 0 Å². The maximum Gasteiger partial charge on any atom is 0.230 e. The van der Waals surface area contributed by atoms with Crippen molar-refractivity contribution in [3.63, 3.8) is 0 Å². The molecule has 5 rings (SSSR count). The van der Waals surface area contributed by atoms with E-state index in [-0.39, 0.29) is 22.9 Å². The Morgan fingerprint density at radius 1 is 0.885 bits per heavy atom. The molecule has 4 heteroatoms. The number of hydrogen-bond acceptors (Lipinski definition) is 3. The molecule has 1 N–H and O–H groups in total.